The first-order chi connectivity index (χ1) is 6.45. The van der Waals surface area contributed by atoms with Crippen molar-refractivity contribution in [2.45, 2.75) is 56.6 Å². The molecule has 1 aliphatic heterocycles. The Bertz CT molecular complexity index is 135. The van der Waals surface area contributed by atoms with Crippen molar-refractivity contribution in [3.8, 4) is 0 Å². The van der Waals surface area contributed by atoms with Gasteiger partial charge < -0.3 is 0 Å². The molecule has 13 heavy (non-hydrogen) atoms. The molecule has 0 aromatic carbocycles. The Hall–Kier alpha value is 0.310. The van der Waals surface area contributed by atoms with Gasteiger partial charge in [-0.1, -0.05) is 37.6 Å². The quantitative estimate of drug-likeness (QED) is 0.627. The number of rotatable bonds is 2. The number of hydrogen-bond acceptors (Lipinski definition) is 2. The lowest BCUT2D eigenvalue weighted by atomic mass is 10.2. The van der Waals surface area contributed by atoms with Gasteiger partial charge in [-0.15, -0.1) is 0 Å². The molecular weight excluding hydrogens is 178 g/mol. The van der Waals surface area contributed by atoms with Crippen LogP contribution in [-0.2, 0) is 0 Å². The zero-order chi connectivity index (χ0) is 8.93. The minimum absolute atomic E-state index is 0.970. The predicted molar refractivity (Wildman–Crippen MR) is 59.9 cm³/mol. The van der Waals surface area contributed by atoms with E-state index in [2.05, 4.69) is 16.3 Å². The second-order valence-electron chi connectivity index (χ2n) is 4.36. The van der Waals surface area contributed by atoms with Gasteiger partial charge in [0.05, 0.1) is 0 Å². The molecule has 1 nitrogen and oxygen atoms in total. The maximum Gasteiger partial charge on any atom is 0.0195 e. The minimum Gasteiger partial charge on any atom is -0.250 e. The molecule has 0 aromatic heterocycles. The van der Waals surface area contributed by atoms with Gasteiger partial charge in [0.25, 0.3) is 0 Å². The van der Waals surface area contributed by atoms with Crippen LogP contribution in [0, 0.1) is 0 Å². The lowest BCUT2D eigenvalue weighted by Gasteiger charge is -2.22. The first-order valence-electron chi connectivity index (χ1n) is 5.87. The molecule has 0 amide bonds. The van der Waals surface area contributed by atoms with Crippen LogP contribution in [0.1, 0.15) is 51.4 Å². The first kappa shape index (κ1) is 9.85. The molecule has 1 aliphatic carbocycles. The Kier molecular flexibility index (Phi) is 3.98. The molecule has 0 bridgehead atoms. The Morgan fingerprint density at radius 3 is 2.00 bits per heavy atom. The predicted octanol–water partition coefficient (Wildman–Crippen LogP) is 3.45. The summed E-state index contributed by atoms with van der Waals surface area (Å²) in [6, 6.07) is 0. The third-order valence-electron chi connectivity index (χ3n) is 3.17. The highest BCUT2D eigenvalue weighted by Gasteiger charge is 2.19. The third-order valence-corrected chi connectivity index (χ3v) is 4.60. The fraction of sp³-hybridized carbons (Fsp3) is 1.00. The molecule has 0 unspecified atom stereocenters. The maximum atomic E-state index is 2.64. The van der Waals surface area contributed by atoms with Crippen LogP contribution < -0.4 is 0 Å². The van der Waals surface area contributed by atoms with E-state index in [1.807, 2.05) is 0 Å². The van der Waals surface area contributed by atoms with E-state index in [1.54, 1.807) is 0 Å². The van der Waals surface area contributed by atoms with Gasteiger partial charge in [-0.05, 0) is 25.7 Å². The number of nitrogens with zero attached hydrogens (tertiary/aromatic N) is 1. The van der Waals surface area contributed by atoms with Gasteiger partial charge in [-0.2, -0.15) is 0 Å². The summed E-state index contributed by atoms with van der Waals surface area (Å²) in [5.74, 6) is 0. The van der Waals surface area contributed by atoms with E-state index in [9.17, 15) is 0 Å². The van der Waals surface area contributed by atoms with Crippen molar-refractivity contribution in [1.29, 1.82) is 0 Å². The van der Waals surface area contributed by atoms with Crippen LogP contribution in [0.4, 0.5) is 0 Å². The zero-order valence-electron chi connectivity index (χ0n) is 8.50. The van der Waals surface area contributed by atoms with E-state index >= 15 is 0 Å². The van der Waals surface area contributed by atoms with Crippen molar-refractivity contribution < 1.29 is 0 Å². The molecule has 0 radical (unpaired) electrons. The van der Waals surface area contributed by atoms with E-state index in [0.717, 1.165) is 5.25 Å². The van der Waals surface area contributed by atoms with E-state index in [4.69, 9.17) is 0 Å². The average Bonchev–Trinajstić information content (AvgIpc) is 2.49. The van der Waals surface area contributed by atoms with Crippen LogP contribution in [0.5, 0.6) is 0 Å². The SMILES string of the molecule is C1CCCN(SC2CCCC2)CC1. The molecule has 0 spiro atoms. The van der Waals surface area contributed by atoms with Crippen LogP contribution in [-0.4, -0.2) is 22.6 Å². The van der Waals surface area contributed by atoms with Gasteiger partial charge in [0, 0.05) is 18.3 Å². The lowest BCUT2D eigenvalue weighted by Crippen LogP contribution is -2.19. The van der Waals surface area contributed by atoms with Crippen molar-refractivity contribution in [3.63, 3.8) is 0 Å². The van der Waals surface area contributed by atoms with Crippen LogP contribution >= 0.6 is 11.9 Å². The summed E-state index contributed by atoms with van der Waals surface area (Å²) in [6.45, 7) is 2.70. The molecule has 1 saturated heterocycles. The van der Waals surface area contributed by atoms with Gasteiger partial charge in [-0.3, -0.25) is 4.31 Å². The minimum atomic E-state index is 0.970. The normalized spacial score (nSPS) is 27.7. The molecule has 0 aromatic rings. The maximum absolute atomic E-state index is 2.64. The summed E-state index contributed by atoms with van der Waals surface area (Å²) in [5, 5.41) is 0.970. The van der Waals surface area contributed by atoms with Crippen molar-refractivity contribution in [1.82, 2.24) is 4.31 Å². The summed E-state index contributed by atoms with van der Waals surface area (Å²) in [6.07, 6.45) is 11.7. The Morgan fingerprint density at radius 2 is 1.38 bits per heavy atom. The summed E-state index contributed by atoms with van der Waals surface area (Å²) in [5.41, 5.74) is 0. The summed E-state index contributed by atoms with van der Waals surface area (Å²) in [7, 11) is 0. The molecule has 2 heteroatoms. The van der Waals surface area contributed by atoms with Crippen molar-refractivity contribution >= 4 is 11.9 Å². The third kappa shape index (κ3) is 3.17. The average molecular weight is 199 g/mol. The molecule has 2 fully saturated rings. The molecule has 1 heterocycles. The highest BCUT2D eigenvalue weighted by molar-refractivity contribution is 7.97. The van der Waals surface area contributed by atoms with Gasteiger partial charge >= 0.3 is 0 Å². The van der Waals surface area contributed by atoms with E-state index in [0.29, 0.717) is 0 Å². The standard InChI is InChI=1S/C11H21NS/c1-2-6-10-12(9-5-1)13-11-7-3-4-8-11/h11H,1-10H2. The molecule has 0 atom stereocenters. The topological polar surface area (TPSA) is 3.24 Å². The van der Waals surface area contributed by atoms with Crippen LogP contribution in [0.3, 0.4) is 0 Å². The fourth-order valence-electron chi connectivity index (χ4n) is 2.35. The second-order valence-corrected chi connectivity index (χ2v) is 5.75. The van der Waals surface area contributed by atoms with Gasteiger partial charge in [0.2, 0.25) is 0 Å². The Morgan fingerprint density at radius 1 is 0.769 bits per heavy atom. The smallest absolute Gasteiger partial charge is 0.0195 e. The lowest BCUT2D eigenvalue weighted by molar-refractivity contribution is 0.485. The van der Waals surface area contributed by atoms with Crippen molar-refractivity contribution in [2.75, 3.05) is 13.1 Å². The fourth-order valence-corrected chi connectivity index (χ4v) is 3.79. The van der Waals surface area contributed by atoms with E-state index in [-0.39, 0.29) is 0 Å². The summed E-state index contributed by atoms with van der Waals surface area (Å²) < 4.78 is 2.64. The molecular formula is C11H21NS. The molecule has 0 N–H and O–H groups in total. The van der Waals surface area contributed by atoms with Gasteiger partial charge in [0.15, 0.2) is 0 Å². The highest BCUT2D eigenvalue weighted by Crippen LogP contribution is 2.32. The molecule has 1 saturated carbocycles. The largest absolute Gasteiger partial charge is 0.250 e. The molecule has 2 rings (SSSR count). The highest BCUT2D eigenvalue weighted by atomic mass is 32.2. The summed E-state index contributed by atoms with van der Waals surface area (Å²) in [4.78, 5) is 0. The van der Waals surface area contributed by atoms with Crippen LogP contribution in [0.2, 0.25) is 0 Å². The Balaban J connectivity index is 1.71. The van der Waals surface area contributed by atoms with E-state index in [1.165, 1.54) is 64.5 Å². The molecule has 76 valence electrons. The molecule has 2 aliphatic rings. The summed E-state index contributed by atoms with van der Waals surface area (Å²) >= 11 is 2.17. The van der Waals surface area contributed by atoms with Crippen LogP contribution in [0.15, 0.2) is 0 Å². The zero-order valence-corrected chi connectivity index (χ0v) is 9.32. The second kappa shape index (κ2) is 5.26. The van der Waals surface area contributed by atoms with Crippen molar-refractivity contribution in [2.24, 2.45) is 0 Å². The first-order valence-corrected chi connectivity index (χ1v) is 6.70. The van der Waals surface area contributed by atoms with Gasteiger partial charge in [-0.25, -0.2) is 0 Å². The Labute approximate surface area is 86.4 Å². The van der Waals surface area contributed by atoms with Crippen molar-refractivity contribution in [3.05, 3.63) is 0 Å². The monoisotopic (exact) mass is 199 g/mol. The van der Waals surface area contributed by atoms with E-state index < -0.39 is 0 Å². The van der Waals surface area contributed by atoms with Gasteiger partial charge in [0.1, 0.15) is 0 Å². The van der Waals surface area contributed by atoms with Crippen LogP contribution in [0.25, 0.3) is 0 Å². The number of hydrogen-bond donors (Lipinski definition) is 0.